The second kappa shape index (κ2) is 4.91. The number of fused-ring (bicyclic) bond motifs is 1. The fourth-order valence-electron chi connectivity index (χ4n) is 1.20. The number of rotatable bonds is 4. The lowest BCUT2D eigenvalue weighted by Crippen LogP contribution is -1.95. The molecule has 0 spiro atoms. The Morgan fingerprint density at radius 1 is 1.56 bits per heavy atom. The van der Waals surface area contributed by atoms with E-state index in [1.807, 2.05) is 13.0 Å². The van der Waals surface area contributed by atoms with Gasteiger partial charge < -0.3 is 4.89 Å². The normalized spacial score (nSPS) is 11.3. The van der Waals surface area contributed by atoms with Crippen molar-refractivity contribution in [3.8, 4) is 0 Å². The highest BCUT2D eigenvalue weighted by atomic mass is 32.1. The van der Waals surface area contributed by atoms with Crippen LogP contribution in [0, 0.1) is 0 Å². The zero-order valence-corrected chi connectivity index (χ0v) is 9.41. The van der Waals surface area contributed by atoms with Crippen molar-refractivity contribution in [3.63, 3.8) is 0 Å². The number of aliphatic imine (C=N–C) groups is 1. The average Bonchev–Trinajstić information content (AvgIpc) is 2.67. The van der Waals surface area contributed by atoms with Crippen molar-refractivity contribution < 1.29 is 9.78 Å². The van der Waals surface area contributed by atoms with Gasteiger partial charge in [-0.15, -0.1) is 0 Å². The summed E-state index contributed by atoms with van der Waals surface area (Å²) in [5, 5.41) is 0.635. The summed E-state index contributed by atoms with van der Waals surface area (Å²) >= 11 is 1.31. The van der Waals surface area contributed by atoms with E-state index in [0.29, 0.717) is 17.7 Å². The van der Waals surface area contributed by atoms with Gasteiger partial charge in [0.15, 0.2) is 0 Å². The first-order valence-corrected chi connectivity index (χ1v) is 5.55. The standard InChI is InChI=1S/C10H10N2O3S/c1-2-14-15-6-11-7-3-4-9-8(5-7)10(13)12-16-9/h3-6H,2H2,1H3,(H,12,13). The third-order valence-electron chi connectivity index (χ3n) is 1.89. The molecular formula is C10H10N2O3S. The monoisotopic (exact) mass is 238 g/mol. The number of H-pyrrole nitrogens is 1. The molecular weight excluding hydrogens is 228 g/mol. The van der Waals surface area contributed by atoms with E-state index in [9.17, 15) is 4.79 Å². The summed E-state index contributed by atoms with van der Waals surface area (Å²) in [6, 6.07) is 5.35. The number of hydrogen-bond donors (Lipinski definition) is 1. The Bertz CT molecular complexity index is 558. The van der Waals surface area contributed by atoms with Gasteiger partial charge in [0.25, 0.3) is 5.56 Å². The SMILES string of the molecule is CCOOC=Nc1ccc2s[nH]c(=O)c2c1. The average molecular weight is 238 g/mol. The summed E-state index contributed by atoms with van der Waals surface area (Å²) in [6.45, 7) is 2.26. The van der Waals surface area contributed by atoms with Crippen LogP contribution in [0.1, 0.15) is 6.92 Å². The van der Waals surface area contributed by atoms with Gasteiger partial charge in [0.2, 0.25) is 6.40 Å². The van der Waals surface area contributed by atoms with Gasteiger partial charge in [0, 0.05) is 0 Å². The minimum atomic E-state index is -0.0947. The zero-order valence-electron chi connectivity index (χ0n) is 8.60. The van der Waals surface area contributed by atoms with Crippen molar-refractivity contribution >= 4 is 33.7 Å². The van der Waals surface area contributed by atoms with Crippen molar-refractivity contribution in [1.82, 2.24) is 4.37 Å². The second-order valence-electron chi connectivity index (χ2n) is 2.95. The summed E-state index contributed by atoms with van der Waals surface area (Å²) in [5.74, 6) is 0. The van der Waals surface area contributed by atoms with Gasteiger partial charge >= 0.3 is 0 Å². The molecule has 16 heavy (non-hydrogen) atoms. The molecule has 0 aliphatic heterocycles. The maximum atomic E-state index is 11.4. The Labute approximate surface area is 95.4 Å². The lowest BCUT2D eigenvalue weighted by atomic mass is 10.2. The molecule has 0 atom stereocenters. The highest BCUT2D eigenvalue weighted by molar-refractivity contribution is 7.13. The number of aromatic amines is 1. The van der Waals surface area contributed by atoms with Gasteiger partial charge in [0.1, 0.15) is 0 Å². The number of benzene rings is 1. The molecule has 0 saturated carbocycles. The van der Waals surface area contributed by atoms with Crippen molar-refractivity contribution in [1.29, 1.82) is 0 Å². The molecule has 0 aliphatic carbocycles. The summed E-state index contributed by atoms with van der Waals surface area (Å²) in [5.41, 5.74) is 0.555. The third kappa shape index (κ3) is 2.29. The van der Waals surface area contributed by atoms with Crippen LogP contribution in [0.5, 0.6) is 0 Å². The Morgan fingerprint density at radius 3 is 3.25 bits per heavy atom. The van der Waals surface area contributed by atoms with Crippen molar-refractivity contribution in [2.24, 2.45) is 4.99 Å². The molecule has 0 fully saturated rings. The molecule has 1 N–H and O–H groups in total. The smallest absolute Gasteiger partial charge is 0.265 e. The lowest BCUT2D eigenvalue weighted by molar-refractivity contribution is -0.211. The van der Waals surface area contributed by atoms with Crippen LogP contribution in [0.4, 0.5) is 5.69 Å². The fraction of sp³-hybridized carbons (Fsp3) is 0.200. The largest absolute Gasteiger partial charge is 0.325 e. The fourth-order valence-corrected chi connectivity index (χ4v) is 1.91. The van der Waals surface area contributed by atoms with Crippen LogP contribution < -0.4 is 5.56 Å². The van der Waals surface area contributed by atoms with E-state index in [1.54, 1.807) is 12.1 Å². The van der Waals surface area contributed by atoms with Gasteiger partial charge in [0.05, 0.1) is 22.4 Å². The first-order chi connectivity index (χ1) is 7.81. The first kappa shape index (κ1) is 10.8. The van der Waals surface area contributed by atoms with Crippen LogP contribution >= 0.6 is 11.5 Å². The number of hydrogen-bond acceptors (Lipinski definition) is 5. The third-order valence-corrected chi connectivity index (χ3v) is 2.76. The summed E-state index contributed by atoms with van der Waals surface area (Å²) in [4.78, 5) is 24.6. The topological polar surface area (TPSA) is 63.7 Å². The Morgan fingerprint density at radius 2 is 2.44 bits per heavy atom. The zero-order chi connectivity index (χ0) is 11.4. The molecule has 1 aromatic heterocycles. The molecule has 1 heterocycles. The van der Waals surface area contributed by atoms with Crippen molar-refractivity contribution in [2.75, 3.05) is 6.61 Å². The number of aromatic nitrogens is 1. The molecule has 2 rings (SSSR count). The first-order valence-electron chi connectivity index (χ1n) is 4.73. The number of nitrogens with one attached hydrogen (secondary N) is 1. The minimum absolute atomic E-state index is 0.0947. The van der Waals surface area contributed by atoms with Crippen LogP contribution in [-0.4, -0.2) is 17.4 Å². The van der Waals surface area contributed by atoms with Gasteiger partial charge in [-0.25, -0.2) is 4.99 Å². The Kier molecular flexibility index (Phi) is 3.33. The van der Waals surface area contributed by atoms with Gasteiger partial charge in [-0.3, -0.25) is 9.17 Å². The molecule has 84 valence electrons. The van der Waals surface area contributed by atoms with E-state index in [2.05, 4.69) is 19.1 Å². The second-order valence-corrected chi connectivity index (χ2v) is 3.80. The lowest BCUT2D eigenvalue weighted by Gasteiger charge is -1.95. The molecule has 0 bridgehead atoms. The van der Waals surface area contributed by atoms with Crippen LogP contribution in [0.25, 0.3) is 10.1 Å². The van der Waals surface area contributed by atoms with Crippen LogP contribution in [0.15, 0.2) is 28.0 Å². The molecule has 0 unspecified atom stereocenters. The molecule has 5 nitrogen and oxygen atoms in total. The molecule has 6 heteroatoms. The molecule has 0 aliphatic rings. The highest BCUT2D eigenvalue weighted by Gasteiger charge is 2.01. The highest BCUT2D eigenvalue weighted by Crippen LogP contribution is 2.20. The van der Waals surface area contributed by atoms with Crippen molar-refractivity contribution in [3.05, 3.63) is 28.6 Å². The maximum absolute atomic E-state index is 11.4. The van der Waals surface area contributed by atoms with Gasteiger partial charge in [-0.05, 0) is 25.1 Å². The van der Waals surface area contributed by atoms with Gasteiger partial charge in [-0.1, -0.05) is 11.5 Å². The van der Waals surface area contributed by atoms with E-state index in [4.69, 9.17) is 0 Å². The molecule has 0 saturated heterocycles. The van der Waals surface area contributed by atoms with Crippen LogP contribution in [-0.2, 0) is 9.78 Å². The van der Waals surface area contributed by atoms with Crippen molar-refractivity contribution in [2.45, 2.75) is 6.92 Å². The summed E-state index contributed by atoms with van der Waals surface area (Å²) < 4.78 is 3.57. The Hall–Kier alpha value is -1.66. The summed E-state index contributed by atoms with van der Waals surface area (Å²) in [6.07, 6.45) is 1.20. The van der Waals surface area contributed by atoms with Crippen LogP contribution in [0.3, 0.4) is 0 Å². The van der Waals surface area contributed by atoms with E-state index in [-0.39, 0.29) is 5.56 Å². The van der Waals surface area contributed by atoms with Crippen LogP contribution in [0.2, 0.25) is 0 Å². The Balaban J connectivity index is 2.22. The van der Waals surface area contributed by atoms with E-state index < -0.39 is 0 Å². The molecule has 0 amide bonds. The van der Waals surface area contributed by atoms with E-state index in [1.165, 1.54) is 17.9 Å². The quantitative estimate of drug-likeness (QED) is 0.292. The minimum Gasteiger partial charge on any atom is -0.325 e. The number of nitrogens with zero attached hydrogens (tertiary/aromatic N) is 1. The van der Waals surface area contributed by atoms with Gasteiger partial charge in [-0.2, -0.15) is 4.89 Å². The predicted molar refractivity (Wildman–Crippen MR) is 63.3 cm³/mol. The predicted octanol–water partition coefficient (Wildman–Crippen LogP) is 2.22. The molecule has 1 aromatic carbocycles. The summed E-state index contributed by atoms with van der Waals surface area (Å²) in [7, 11) is 0. The van der Waals surface area contributed by atoms with E-state index >= 15 is 0 Å². The van der Waals surface area contributed by atoms with E-state index in [0.717, 1.165) is 4.70 Å². The molecule has 2 aromatic rings. The maximum Gasteiger partial charge on any atom is 0.265 e. The molecule has 0 radical (unpaired) electrons.